The van der Waals surface area contributed by atoms with Crippen LogP contribution in [0.4, 0.5) is 10.5 Å². The second-order valence-corrected chi connectivity index (χ2v) is 13.9. The number of urea groups is 1. The number of anilines is 1. The number of hydrogen-bond donors (Lipinski definition) is 3. The Balaban J connectivity index is 1.41. The number of hydrogen-bond acceptors (Lipinski definition) is 4. The normalized spacial score (nSPS) is 18.3. The predicted octanol–water partition coefficient (Wildman–Crippen LogP) is 5.01. The van der Waals surface area contributed by atoms with E-state index in [2.05, 4.69) is 27.5 Å². The molecule has 8 nitrogen and oxygen atoms in total. The van der Waals surface area contributed by atoms with Crippen molar-refractivity contribution >= 4 is 27.6 Å². The monoisotopic (exact) mass is 574 g/mol. The van der Waals surface area contributed by atoms with Crippen molar-refractivity contribution in [1.29, 1.82) is 0 Å². The number of benzene rings is 3. The molecule has 1 fully saturated rings. The van der Waals surface area contributed by atoms with Gasteiger partial charge in [0.1, 0.15) is 0 Å². The van der Waals surface area contributed by atoms with Crippen LogP contribution in [0, 0.1) is 5.92 Å². The molecule has 2 atom stereocenters. The zero-order chi connectivity index (χ0) is 29.4. The average Bonchev–Trinajstić information content (AvgIpc) is 3.71. The number of fused-ring (bicyclic) bond motifs is 1. The van der Waals surface area contributed by atoms with Crippen molar-refractivity contribution in [2.45, 2.75) is 58.2 Å². The first-order chi connectivity index (χ1) is 19.4. The molecule has 216 valence electrons. The molecule has 1 unspecified atom stereocenters. The lowest BCUT2D eigenvalue weighted by Crippen LogP contribution is -2.50. The van der Waals surface area contributed by atoms with Gasteiger partial charge in [0.25, 0.3) is 0 Å². The molecule has 3 aromatic rings. The van der Waals surface area contributed by atoms with Crippen LogP contribution in [0.5, 0.6) is 0 Å². The van der Waals surface area contributed by atoms with Gasteiger partial charge in [-0.2, -0.15) is 0 Å². The van der Waals surface area contributed by atoms with Gasteiger partial charge in [-0.25, -0.2) is 13.2 Å². The molecule has 0 radical (unpaired) electrons. The summed E-state index contributed by atoms with van der Waals surface area (Å²) in [6, 6.07) is 21.4. The number of carbonyl (C=O) groups excluding carboxylic acids is 2. The molecular weight excluding hydrogens is 536 g/mol. The summed E-state index contributed by atoms with van der Waals surface area (Å²) < 4.78 is 26.2. The van der Waals surface area contributed by atoms with Crippen LogP contribution < -0.4 is 15.4 Å². The van der Waals surface area contributed by atoms with Crippen LogP contribution in [0.3, 0.4) is 0 Å². The average molecular weight is 575 g/mol. The molecule has 1 aliphatic heterocycles. The van der Waals surface area contributed by atoms with Gasteiger partial charge in [-0.05, 0) is 85.0 Å². The second-order valence-electron chi connectivity index (χ2n) is 12.1. The van der Waals surface area contributed by atoms with Gasteiger partial charge in [-0.1, -0.05) is 54.6 Å². The highest BCUT2D eigenvalue weighted by atomic mass is 32.2. The zero-order valence-electron chi connectivity index (χ0n) is 24.0. The molecule has 0 bridgehead atoms. The molecular formula is C32H38N4O4S. The summed E-state index contributed by atoms with van der Waals surface area (Å²) in [6.45, 7) is 7.23. The Morgan fingerprint density at radius 2 is 1.73 bits per heavy atom. The number of sulfonamides is 1. The van der Waals surface area contributed by atoms with E-state index in [1.807, 2.05) is 74.2 Å². The third-order valence-corrected chi connectivity index (χ3v) is 8.17. The summed E-state index contributed by atoms with van der Waals surface area (Å²) in [6.07, 6.45) is 2.63. The summed E-state index contributed by atoms with van der Waals surface area (Å²) in [7, 11) is -3.41. The number of nitrogens with zero attached hydrogens (tertiary/aromatic N) is 1. The second kappa shape index (κ2) is 11.2. The highest BCUT2D eigenvalue weighted by molar-refractivity contribution is 7.92. The molecule has 0 aromatic heterocycles. The summed E-state index contributed by atoms with van der Waals surface area (Å²) >= 11 is 0. The minimum atomic E-state index is -3.41. The van der Waals surface area contributed by atoms with Crippen molar-refractivity contribution < 1.29 is 18.0 Å². The Kier molecular flexibility index (Phi) is 7.83. The smallest absolute Gasteiger partial charge is 0.318 e. The Morgan fingerprint density at radius 1 is 0.976 bits per heavy atom. The summed E-state index contributed by atoms with van der Waals surface area (Å²) in [5.74, 6) is 0.290. The number of carbonyl (C=O) groups is 2. The van der Waals surface area contributed by atoms with Gasteiger partial charge in [0.05, 0.1) is 6.26 Å². The lowest BCUT2D eigenvalue weighted by atomic mass is 9.87. The van der Waals surface area contributed by atoms with E-state index in [1.165, 1.54) is 5.56 Å². The molecule has 3 N–H and O–H groups in total. The topological polar surface area (TPSA) is 108 Å². The van der Waals surface area contributed by atoms with E-state index in [-0.39, 0.29) is 29.3 Å². The van der Waals surface area contributed by atoms with Crippen LogP contribution in [-0.2, 0) is 34.3 Å². The van der Waals surface area contributed by atoms with E-state index in [0.29, 0.717) is 31.7 Å². The van der Waals surface area contributed by atoms with E-state index < -0.39 is 10.0 Å². The van der Waals surface area contributed by atoms with Crippen LogP contribution in [0.25, 0.3) is 11.1 Å². The van der Waals surface area contributed by atoms with E-state index in [4.69, 9.17) is 0 Å². The van der Waals surface area contributed by atoms with E-state index in [9.17, 15) is 18.0 Å². The molecule has 2 aliphatic rings. The van der Waals surface area contributed by atoms with Gasteiger partial charge in [0.15, 0.2) is 0 Å². The Hall–Kier alpha value is -3.85. The fourth-order valence-corrected chi connectivity index (χ4v) is 6.14. The van der Waals surface area contributed by atoms with Gasteiger partial charge < -0.3 is 15.5 Å². The maximum absolute atomic E-state index is 13.1. The van der Waals surface area contributed by atoms with Crippen molar-refractivity contribution in [2.24, 2.45) is 5.92 Å². The van der Waals surface area contributed by atoms with Crippen molar-refractivity contribution in [3.8, 4) is 11.1 Å². The molecule has 3 amide bonds. The minimum absolute atomic E-state index is 0.0216. The zero-order valence-corrected chi connectivity index (χ0v) is 24.8. The van der Waals surface area contributed by atoms with Gasteiger partial charge in [0, 0.05) is 36.8 Å². The van der Waals surface area contributed by atoms with E-state index in [1.54, 1.807) is 6.07 Å². The van der Waals surface area contributed by atoms with Gasteiger partial charge in [-0.3, -0.25) is 9.52 Å². The van der Waals surface area contributed by atoms with Crippen LogP contribution >= 0.6 is 0 Å². The van der Waals surface area contributed by atoms with Crippen LogP contribution in [0.1, 0.15) is 55.4 Å². The summed E-state index contributed by atoms with van der Waals surface area (Å²) in [5, 5.41) is 6.21. The number of amides is 3. The van der Waals surface area contributed by atoms with Crippen molar-refractivity contribution in [1.82, 2.24) is 15.5 Å². The molecule has 5 rings (SSSR count). The number of nitrogens with one attached hydrogen (secondary N) is 3. The van der Waals surface area contributed by atoms with Crippen LogP contribution in [0.15, 0.2) is 66.7 Å². The molecule has 1 aliphatic carbocycles. The van der Waals surface area contributed by atoms with E-state index >= 15 is 0 Å². The third-order valence-electron chi connectivity index (χ3n) is 7.56. The first-order valence-corrected chi connectivity index (χ1v) is 15.9. The molecule has 3 aromatic carbocycles. The quantitative estimate of drug-likeness (QED) is 0.369. The fourth-order valence-electron chi connectivity index (χ4n) is 5.58. The van der Waals surface area contributed by atoms with Gasteiger partial charge in [0.2, 0.25) is 15.9 Å². The molecule has 0 spiro atoms. The molecule has 41 heavy (non-hydrogen) atoms. The molecule has 1 saturated carbocycles. The predicted molar refractivity (Wildman–Crippen MR) is 162 cm³/mol. The Bertz CT molecular complexity index is 1560. The van der Waals surface area contributed by atoms with Gasteiger partial charge in [-0.15, -0.1) is 0 Å². The minimum Gasteiger partial charge on any atom is -0.352 e. The van der Waals surface area contributed by atoms with Gasteiger partial charge >= 0.3 is 6.03 Å². The van der Waals surface area contributed by atoms with Crippen molar-refractivity contribution in [3.05, 3.63) is 89.0 Å². The standard InChI is InChI=1S/C32H38N4O4S/c1-32(2,3)34-31(38)36-16-15-26-25(22-11-8-12-24(17-22)35-41(4,39)40)14-13-23(29(26)20-36)19-33-30(37)28-18-27(28)21-9-6-5-7-10-21/h5-14,17,27-28,35H,15-16,18-20H2,1-4H3,(H,33,37)(H,34,38)/t27-,28?/m1/s1. The first kappa shape index (κ1) is 28.7. The lowest BCUT2D eigenvalue weighted by molar-refractivity contribution is -0.122. The Labute approximate surface area is 242 Å². The highest BCUT2D eigenvalue weighted by Gasteiger charge is 2.43. The lowest BCUT2D eigenvalue weighted by Gasteiger charge is -2.34. The highest BCUT2D eigenvalue weighted by Crippen LogP contribution is 2.47. The third kappa shape index (κ3) is 7.08. The number of rotatable bonds is 7. The first-order valence-electron chi connectivity index (χ1n) is 14.0. The fraction of sp³-hybridized carbons (Fsp3) is 0.375. The maximum Gasteiger partial charge on any atom is 0.318 e. The molecule has 1 heterocycles. The van der Waals surface area contributed by atoms with Crippen molar-refractivity contribution in [3.63, 3.8) is 0 Å². The van der Waals surface area contributed by atoms with Crippen molar-refractivity contribution in [2.75, 3.05) is 17.5 Å². The molecule has 0 saturated heterocycles. The maximum atomic E-state index is 13.1. The van der Waals surface area contributed by atoms with E-state index in [0.717, 1.165) is 40.5 Å². The molecule has 9 heteroatoms. The summed E-state index contributed by atoms with van der Waals surface area (Å²) in [5.41, 5.74) is 6.33. The summed E-state index contributed by atoms with van der Waals surface area (Å²) in [4.78, 5) is 28.0. The Morgan fingerprint density at radius 3 is 2.44 bits per heavy atom. The van der Waals surface area contributed by atoms with Crippen LogP contribution in [0.2, 0.25) is 0 Å². The van der Waals surface area contributed by atoms with Crippen LogP contribution in [-0.4, -0.2) is 43.6 Å². The largest absolute Gasteiger partial charge is 0.352 e. The SMILES string of the molecule is CC(C)(C)NC(=O)N1CCc2c(-c3cccc(NS(C)(=O)=O)c3)ccc(CNC(=O)C3C[C@@H]3c3ccccc3)c2C1.